The summed E-state index contributed by atoms with van der Waals surface area (Å²) >= 11 is 1.55. The van der Waals surface area contributed by atoms with Crippen molar-refractivity contribution >= 4 is 40.9 Å². The minimum Gasteiger partial charge on any atom is -0.375 e. The van der Waals surface area contributed by atoms with Gasteiger partial charge in [0.05, 0.1) is 5.88 Å². The highest BCUT2D eigenvalue weighted by molar-refractivity contribution is 7.99. The monoisotopic (exact) mass is 399 g/mol. The Labute approximate surface area is 167 Å². The molecule has 2 aromatic carbocycles. The topological polar surface area (TPSA) is 87.7 Å². The van der Waals surface area contributed by atoms with Crippen molar-refractivity contribution < 1.29 is 19.1 Å². The van der Waals surface area contributed by atoms with Crippen LogP contribution in [0.15, 0.2) is 54.6 Å². The number of nitrogens with one attached hydrogen (secondary N) is 2. The largest absolute Gasteiger partial charge is 0.375 e. The van der Waals surface area contributed by atoms with Gasteiger partial charge in [-0.15, -0.1) is 11.8 Å². The Bertz CT molecular complexity index is 842. The Balaban J connectivity index is 1.62. The molecule has 7 nitrogen and oxygen atoms in total. The molecule has 1 aliphatic rings. The zero-order valence-electron chi connectivity index (χ0n) is 15.4. The summed E-state index contributed by atoms with van der Waals surface area (Å²) in [5.41, 5.74) is 1.77. The van der Waals surface area contributed by atoms with Gasteiger partial charge in [0.15, 0.2) is 0 Å². The Hall–Kier alpha value is -2.84. The molecule has 28 heavy (non-hydrogen) atoms. The minimum absolute atomic E-state index is 0.0247. The number of ether oxygens (including phenoxy) is 1. The van der Waals surface area contributed by atoms with Crippen LogP contribution >= 0.6 is 11.8 Å². The van der Waals surface area contributed by atoms with E-state index in [1.54, 1.807) is 65.2 Å². The summed E-state index contributed by atoms with van der Waals surface area (Å²) < 4.78 is 4.77. The van der Waals surface area contributed by atoms with Crippen molar-refractivity contribution in [2.45, 2.75) is 6.04 Å². The molecule has 0 aliphatic carbocycles. The van der Waals surface area contributed by atoms with Gasteiger partial charge in [0, 0.05) is 29.8 Å². The summed E-state index contributed by atoms with van der Waals surface area (Å²) in [6.45, 7) is -0.0247. The molecular weight excluding hydrogens is 378 g/mol. The van der Waals surface area contributed by atoms with Crippen molar-refractivity contribution in [2.24, 2.45) is 0 Å². The second-order valence-electron chi connectivity index (χ2n) is 6.20. The van der Waals surface area contributed by atoms with E-state index in [9.17, 15) is 14.4 Å². The molecule has 1 atom stereocenters. The van der Waals surface area contributed by atoms with Gasteiger partial charge in [-0.1, -0.05) is 18.2 Å². The molecule has 2 N–H and O–H groups in total. The fourth-order valence-corrected chi connectivity index (χ4v) is 3.95. The third-order valence-electron chi connectivity index (χ3n) is 4.18. The zero-order valence-corrected chi connectivity index (χ0v) is 16.2. The molecule has 1 saturated heterocycles. The summed E-state index contributed by atoms with van der Waals surface area (Å²) in [5, 5.41) is 5.53. The maximum atomic E-state index is 12.7. The van der Waals surface area contributed by atoms with Crippen LogP contribution in [0.1, 0.15) is 10.4 Å². The van der Waals surface area contributed by atoms with Crippen molar-refractivity contribution in [1.82, 2.24) is 4.90 Å². The predicted octanol–water partition coefficient (Wildman–Crippen LogP) is 2.43. The van der Waals surface area contributed by atoms with Gasteiger partial charge in [0.1, 0.15) is 12.6 Å². The quantitative estimate of drug-likeness (QED) is 0.779. The second-order valence-corrected chi connectivity index (χ2v) is 7.20. The van der Waals surface area contributed by atoms with Crippen LogP contribution in [0.25, 0.3) is 0 Å². The summed E-state index contributed by atoms with van der Waals surface area (Å²) in [5.74, 6) is 0.399. The first-order valence-corrected chi connectivity index (χ1v) is 9.87. The normalized spacial score (nSPS) is 15.9. The van der Waals surface area contributed by atoms with E-state index in [0.717, 1.165) is 0 Å². The molecule has 0 bridgehead atoms. The molecule has 146 valence electrons. The first kappa shape index (κ1) is 19.9. The molecule has 0 saturated carbocycles. The van der Waals surface area contributed by atoms with Crippen LogP contribution in [0.5, 0.6) is 0 Å². The molecule has 0 unspecified atom stereocenters. The molecule has 0 spiro atoms. The van der Waals surface area contributed by atoms with E-state index in [1.165, 1.54) is 7.11 Å². The summed E-state index contributed by atoms with van der Waals surface area (Å²) in [7, 11) is 1.45. The fraction of sp³-hybridized carbons (Fsp3) is 0.250. The molecular formula is C20H21N3O4S. The molecule has 3 rings (SSSR count). The first-order valence-electron chi connectivity index (χ1n) is 8.72. The summed E-state index contributed by atoms with van der Waals surface area (Å²) in [6.07, 6.45) is 0. The predicted molar refractivity (Wildman–Crippen MR) is 109 cm³/mol. The van der Waals surface area contributed by atoms with Gasteiger partial charge in [0.25, 0.3) is 5.91 Å². The number of amides is 3. The van der Waals surface area contributed by atoms with Crippen molar-refractivity contribution in [3.05, 3.63) is 60.2 Å². The molecule has 1 heterocycles. The Morgan fingerprint density at radius 1 is 1.04 bits per heavy atom. The number of carbonyl (C=O) groups excluding carboxylic acids is 3. The first-order chi connectivity index (χ1) is 13.6. The number of rotatable bonds is 6. The summed E-state index contributed by atoms with van der Waals surface area (Å²) in [4.78, 5) is 38.5. The van der Waals surface area contributed by atoms with Crippen LogP contribution in [0.4, 0.5) is 11.4 Å². The molecule has 1 aliphatic heterocycles. The fourth-order valence-electron chi connectivity index (χ4n) is 2.80. The smallest absolute Gasteiger partial charge is 0.255 e. The number of anilines is 2. The summed E-state index contributed by atoms with van der Waals surface area (Å²) in [6, 6.07) is 15.2. The number of hydrogen-bond acceptors (Lipinski definition) is 5. The van der Waals surface area contributed by atoms with Gasteiger partial charge in [-0.3, -0.25) is 14.4 Å². The lowest BCUT2D eigenvalue weighted by Crippen LogP contribution is -2.44. The van der Waals surface area contributed by atoms with Gasteiger partial charge in [0.2, 0.25) is 11.8 Å². The average molecular weight is 399 g/mol. The molecule has 0 aromatic heterocycles. The number of benzene rings is 2. The molecule has 8 heteroatoms. The number of nitrogens with zero attached hydrogens (tertiary/aromatic N) is 1. The molecule has 1 fully saturated rings. The van der Waals surface area contributed by atoms with Gasteiger partial charge in [-0.05, 0) is 36.4 Å². The van der Waals surface area contributed by atoms with E-state index in [-0.39, 0.29) is 24.3 Å². The van der Waals surface area contributed by atoms with Crippen LogP contribution in [0, 0.1) is 0 Å². The maximum Gasteiger partial charge on any atom is 0.255 e. The van der Waals surface area contributed by atoms with Gasteiger partial charge < -0.3 is 20.3 Å². The van der Waals surface area contributed by atoms with E-state index in [2.05, 4.69) is 10.6 Å². The minimum atomic E-state index is -0.529. The lowest BCUT2D eigenvalue weighted by Gasteiger charge is -2.23. The number of carbonyl (C=O) groups is 3. The number of thioether (sulfide) groups is 1. The highest BCUT2D eigenvalue weighted by Crippen LogP contribution is 2.24. The van der Waals surface area contributed by atoms with Crippen LogP contribution in [-0.4, -0.2) is 54.0 Å². The molecule has 3 amide bonds. The molecule has 2 aromatic rings. The zero-order chi connectivity index (χ0) is 19.9. The van der Waals surface area contributed by atoms with Crippen LogP contribution in [-0.2, 0) is 14.3 Å². The van der Waals surface area contributed by atoms with Gasteiger partial charge >= 0.3 is 0 Å². The lowest BCUT2D eigenvalue weighted by molar-refractivity contribution is -0.120. The van der Waals surface area contributed by atoms with Crippen LogP contribution in [0.3, 0.4) is 0 Å². The highest BCUT2D eigenvalue weighted by Gasteiger charge is 2.35. The third kappa shape index (κ3) is 4.90. The average Bonchev–Trinajstić information content (AvgIpc) is 3.20. The van der Waals surface area contributed by atoms with Gasteiger partial charge in [-0.2, -0.15) is 0 Å². The standard InChI is InChI=1S/C20H21N3O4S/c1-27-11-18(24)21-15-7-9-16(10-8-15)22-19(25)17-12-28-13-23(17)20(26)14-5-3-2-4-6-14/h2-10,17H,11-13H2,1H3,(H,21,24)(H,22,25)/t17-/m0/s1. The Kier molecular flexibility index (Phi) is 6.67. The maximum absolute atomic E-state index is 12.7. The van der Waals surface area contributed by atoms with Crippen molar-refractivity contribution in [3.8, 4) is 0 Å². The van der Waals surface area contributed by atoms with Gasteiger partial charge in [-0.25, -0.2) is 0 Å². The van der Waals surface area contributed by atoms with E-state index < -0.39 is 6.04 Å². The number of hydrogen-bond donors (Lipinski definition) is 2. The second kappa shape index (κ2) is 9.38. The Morgan fingerprint density at radius 3 is 2.32 bits per heavy atom. The van der Waals surface area contributed by atoms with E-state index >= 15 is 0 Å². The van der Waals surface area contributed by atoms with Crippen molar-refractivity contribution in [3.63, 3.8) is 0 Å². The van der Waals surface area contributed by atoms with E-state index in [0.29, 0.717) is 28.6 Å². The van der Waals surface area contributed by atoms with E-state index in [1.807, 2.05) is 6.07 Å². The highest BCUT2D eigenvalue weighted by atomic mass is 32.2. The Morgan fingerprint density at radius 2 is 1.68 bits per heavy atom. The lowest BCUT2D eigenvalue weighted by atomic mass is 10.1. The van der Waals surface area contributed by atoms with Crippen LogP contribution in [0.2, 0.25) is 0 Å². The SMILES string of the molecule is COCC(=O)Nc1ccc(NC(=O)[C@@H]2CSCN2C(=O)c2ccccc2)cc1. The molecule has 0 radical (unpaired) electrons. The van der Waals surface area contributed by atoms with Crippen LogP contribution < -0.4 is 10.6 Å². The number of methoxy groups -OCH3 is 1. The van der Waals surface area contributed by atoms with E-state index in [4.69, 9.17) is 4.74 Å². The van der Waals surface area contributed by atoms with Crippen molar-refractivity contribution in [1.29, 1.82) is 0 Å². The van der Waals surface area contributed by atoms with Crippen molar-refractivity contribution in [2.75, 3.05) is 36.0 Å². The third-order valence-corrected chi connectivity index (χ3v) is 5.19.